The average Bonchev–Trinajstić information content (AvgIpc) is 2.37. The molecule has 0 aliphatic rings. The van der Waals surface area contributed by atoms with Gasteiger partial charge in [-0.25, -0.2) is 4.79 Å². The number of rotatable bonds is 5. The first-order valence-corrected chi connectivity index (χ1v) is 6.61. The molecule has 2 amide bonds. The molecule has 0 fully saturated rings. The van der Waals surface area contributed by atoms with Crippen molar-refractivity contribution in [3.8, 4) is 0 Å². The van der Waals surface area contributed by atoms with E-state index in [1.54, 1.807) is 32.9 Å². The fourth-order valence-corrected chi connectivity index (χ4v) is 1.84. The SMILES string of the molecule is CO[C@H](c1ccccc1)[C@@H](NC(=O)OC(C)(C)C)C(N)=O. The van der Waals surface area contributed by atoms with Crippen LogP contribution in [0.5, 0.6) is 0 Å². The van der Waals surface area contributed by atoms with E-state index >= 15 is 0 Å². The fourth-order valence-electron chi connectivity index (χ4n) is 1.84. The van der Waals surface area contributed by atoms with Gasteiger partial charge in [-0.1, -0.05) is 30.3 Å². The second-order valence-electron chi connectivity index (χ2n) is 5.59. The molecular formula is C15H22N2O4. The fraction of sp³-hybridized carbons (Fsp3) is 0.467. The van der Waals surface area contributed by atoms with E-state index in [1.807, 2.05) is 18.2 Å². The van der Waals surface area contributed by atoms with Crippen LogP contribution in [0.25, 0.3) is 0 Å². The van der Waals surface area contributed by atoms with E-state index in [0.29, 0.717) is 0 Å². The largest absolute Gasteiger partial charge is 0.444 e. The third-order valence-corrected chi connectivity index (χ3v) is 2.66. The molecule has 6 heteroatoms. The molecule has 0 aromatic heterocycles. The Bertz CT molecular complexity index is 482. The van der Waals surface area contributed by atoms with E-state index in [0.717, 1.165) is 5.56 Å². The highest BCUT2D eigenvalue weighted by atomic mass is 16.6. The highest BCUT2D eigenvalue weighted by Gasteiger charge is 2.31. The summed E-state index contributed by atoms with van der Waals surface area (Å²) in [6.07, 6.45) is -1.40. The maximum atomic E-state index is 11.8. The standard InChI is InChI=1S/C15H22N2O4/c1-15(2,3)21-14(19)17-11(13(16)18)12(20-4)10-8-6-5-7-9-10/h5-9,11-12H,1-4H3,(H2,16,18)(H,17,19)/t11-,12-/m1/s1. The minimum Gasteiger partial charge on any atom is -0.444 e. The van der Waals surface area contributed by atoms with Gasteiger partial charge in [0.15, 0.2) is 0 Å². The summed E-state index contributed by atoms with van der Waals surface area (Å²) in [5.74, 6) is -0.698. The van der Waals surface area contributed by atoms with Gasteiger partial charge in [0.2, 0.25) is 5.91 Å². The number of nitrogens with one attached hydrogen (secondary N) is 1. The van der Waals surface area contributed by atoms with Crippen molar-refractivity contribution in [2.24, 2.45) is 5.73 Å². The molecule has 21 heavy (non-hydrogen) atoms. The van der Waals surface area contributed by atoms with Crippen molar-refractivity contribution >= 4 is 12.0 Å². The van der Waals surface area contributed by atoms with Crippen LogP contribution in [-0.2, 0) is 14.3 Å². The summed E-state index contributed by atoms with van der Waals surface area (Å²) >= 11 is 0. The lowest BCUT2D eigenvalue weighted by molar-refractivity contribution is -0.123. The number of nitrogens with two attached hydrogens (primary N) is 1. The number of methoxy groups -OCH3 is 1. The summed E-state index contributed by atoms with van der Waals surface area (Å²) in [6.45, 7) is 5.20. The number of ether oxygens (including phenoxy) is 2. The van der Waals surface area contributed by atoms with Crippen LogP contribution < -0.4 is 11.1 Å². The van der Waals surface area contributed by atoms with E-state index in [2.05, 4.69) is 5.32 Å². The average molecular weight is 294 g/mol. The maximum Gasteiger partial charge on any atom is 0.408 e. The number of carbonyl (C=O) groups excluding carboxylic acids is 2. The van der Waals surface area contributed by atoms with Crippen molar-refractivity contribution < 1.29 is 19.1 Å². The van der Waals surface area contributed by atoms with Crippen LogP contribution in [0, 0.1) is 0 Å². The molecule has 0 aliphatic carbocycles. The minimum atomic E-state index is -1.02. The van der Waals surface area contributed by atoms with E-state index in [4.69, 9.17) is 15.2 Å². The van der Waals surface area contributed by atoms with Crippen LogP contribution in [-0.4, -0.2) is 30.8 Å². The second kappa shape index (κ2) is 7.08. The number of primary amides is 1. The van der Waals surface area contributed by atoms with Gasteiger partial charge in [0.1, 0.15) is 17.7 Å². The van der Waals surface area contributed by atoms with Crippen molar-refractivity contribution in [2.45, 2.75) is 38.5 Å². The monoisotopic (exact) mass is 294 g/mol. The molecule has 0 saturated heterocycles. The summed E-state index contributed by atoms with van der Waals surface area (Å²) < 4.78 is 10.5. The number of amides is 2. The Morgan fingerprint density at radius 2 is 1.76 bits per heavy atom. The zero-order valence-corrected chi connectivity index (χ0v) is 12.8. The molecule has 116 valence electrons. The van der Waals surface area contributed by atoms with Crippen molar-refractivity contribution in [2.75, 3.05) is 7.11 Å². The van der Waals surface area contributed by atoms with E-state index < -0.39 is 29.7 Å². The van der Waals surface area contributed by atoms with Crippen LogP contribution in [0.1, 0.15) is 32.4 Å². The Balaban J connectivity index is 2.90. The molecule has 3 N–H and O–H groups in total. The number of hydrogen-bond donors (Lipinski definition) is 2. The van der Waals surface area contributed by atoms with E-state index in [-0.39, 0.29) is 0 Å². The zero-order chi connectivity index (χ0) is 16.0. The molecule has 0 unspecified atom stereocenters. The molecule has 1 aromatic rings. The molecular weight excluding hydrogens is 272 g/mol. The van der Waals surface area contributed by atoms with Crippen LogP contribution in [0.4, 0.5) is 4.79 Å². The van der Waals surface area contributed by atoms with Gasteiger partial charge < -0.3 is 20.5 Å². The number of benzene rings is 1. The molecule has 0 heterocycles. The molecule has 1 aromatic carbocycles. The first kappa shape index (κ1) is 17.0. The maximum absolute atomic E-state index is 11.8. The second-order valence-corrected chi connectivity index (χ2v) is 5.59. The third kappa shape index (κ3) is 5.43. The molecule has 0 aliphatic heterocycles. The van der Waals surface area contributed by atoms with Gasteiger partial charge in [0.25, 0.3) is 0 Å². The normalized spacial score (nSPS) is 14.1. The summed E-state index contributed by atoms with van der Waals surface area (Å²) in [6, 6.07) is 8.03. The van der Waals surface area contributed by atoms with Gasteiger partial charge in [-0.2, -0.15) is 0 Å². The smallest absolute Gasteiger partial charge is 0.408 e. The Hall–Kier alpha value is -2.08. The quantitative estimate of drug-likeness (QED) is 0.865. The Morgan fingerprint density at radius 3 is 2.19 bits per heavy atom. The first-order chi connectivity index (χ1) is 9.74. The third-order valence-electron chi connectivity index (χ3n) is 2.66. The Morgan fingerprint density at radius 1 is 1.19 bits per heavy atom. The lowest BCUT2D eigenvalue weighted by Crippen LogP contribution is -2.50. The van der Waals surface area contributed by atoms with Gasteiger partial charge in [0.05, 0.1) is 0 Å². The molecule has 2 atom stereocenters. The Labute approximate surface area is 124 Å². The number of hydrogen-bond acceptors (Lipinski definition) is 4. The number of carbonyl (C=O) groups is 2. The van der Waals surface area contributed by atoms with Crippen molar-refractivity contribution in [1.29, 1.82) is 0 Å². The van der Waals surface area contributed by atoms with Gasteiger partial charge in [-0.3, -0.25) is 4.79 Å². The highest BCUT2D eigenvalue weighted by Crippen LogP contribution is 2.21. The molecule has 0 spiro atoms. The topological polar surface area (TPSA) is 90.7 Å². The lowest BCUT2D eigenvalue weighted by Gasteiger charge is -2.27. The van der Waals surface area contributed by atoms with Crippen molar-refractivity contribution in [3.63, 3.8) is 0 Å². The summed E-state index contributed by atoms with van der Waals surface area (Å²) in [5, 5.41) is 2.46. The molecule has 6 nitrogen and oxygen atoms in total. The van der Waals surface area contributed by atoms with Gasteiger partial charge in [-0.05, 0) is 26.3 Å². The Kier molecular flexibility index (Phi) is 5.72. The van der Waals surface area contributed by atoms with Crippen LogP contribution in [0.15, 0.2) is 30.3 Å². The van der Waals surface area contributed by atoms with Crippen molar-refractivity contribution in [1.82, 2.24) is 5.32 Å². The first-order valence-electron chi connectivity index (χ1n) is 6.61. The molecule has 1 rings (SSSR count). The minimum absolute atomic E-state index is 0.665. The highest BCUT2D eigenvalue weighted by molar-refractivity contribution is 5.85. The number of alkyl carbamates (subject to hydrolysis) is 1. The lowest BCUT2D eigenvalue weighted by atomic mass is 10.0. The van der Waals surface area contributed by atoms with Crippen LogP contribution in [0.2, 0.25) is 0 Å². The molecule has 0 bridgehead atoms. The van der Waals surface area contributed by atoms with Gasteiger partial charge in [0, 0.05) is 7.11 Å². The predicted octanol–water partition coefficient (Wildman–Crippen LogP) is 1.75. The van der Waals surface area contributed by atoms with E-state index in [9.17, 15) is 9.59 Å². The molecule has 0 saturated carbocycles. The van der Waals surface area contributed by atoms with Gasteiger partial charge >= 0.3 is 6.09 Å². The summed E-state index contributed by atoms with van der Waals surface area (Å²) in [4.78, 5) is 23.5. The summed E-state index contributed by atoms with van der Waals surface area (Å²) in [7, 11) is 1.45. The van der Waals surface area contributed by atoms with E-state index in [1.165, 1.54) is 7.11 Å². The van der Waals surface area contributed by atoms with Gasteiger partial charge in [-0.15, -0.1) is 0 Å². The van der Waals surface area contributed by atoms with Crippen LogP contribution in [0.3, 0.4) is 0 Å². The zero-order valence-electron chi connectivity index (χ0n) is 12.8. The van der Waals surface area contributed by atoms with Crippen LogP contribution >= 0.6 is 0 Å². The molecule has 0 radical (unpaired) electrons. The predicted molar refractivity (Wildman–Crippen MR) is 78.5 cm³/mol. The summed E-state index contributed by atoms with van der Waals surface area (Å²) in [5.41, 5.74) is 5.44. The van der Waals surface area contributed by atoms with Crippen molar-refractivity contribution in [3.05, 3.63) is 35.9 Å².